The highest BCUT2D eigenvalue weighted by atomic mass is 32.1. The van der Waals surface area contributed by atoms with Crippen molar-refractivity contribution in [3.63, 3.8) is 0 Å². The third-order valence-electron chi connectivity index (χ3n) is 4.28. The number of benzene rings is 2. The molecule has 10 heteroatoms. The molecule has 0 radical (unpaired) electrons. The predicted molar refractivity (Wildman–Crippen MR) is 106 cm³/mol. The van der Waals surface area contributed by atoms with Gasteiger partial charge in [-0.15, -0.1) is 24.5 Å². The van der Waals surface area contributed by atoms with E-state index in [9.17, 15) is 28.2 Å². The van der Waals surface area contributed by atoms with Crippen molar-refractivity contribution in [3.8, 4) is 16.9 Å². The number of rotatable bonds is 7. The van der Waals surface area contributed by atoms with Crippen molar-refractivity contribution in [2.75, 3.05) is 6.61 Å². The average Bonchev–Trinajstić information content (AvgIpc) is 3.19. The van der Waals surface area contributed by atoms with Gasteiger partial charge in [-0.25, -0.2) is 4.98 Å². The van der Waals surface area contributed by atoms with Crippen LogP contribution in [0.15, 0.2) is 48.5 Å². The third-order valence-corrected chi connectivity index (χ3v) is 5.14. The molecule has 0 bridgehead atoms. The van der Waals surface area contributed by atoms with Gasteiger partial charge in [0, 0.05) is 17.7 Å². The van der Waals surface area contributed by atoms with Crippen molar-refractivity contribution >= 4 is 27.5 Å². The van der Waals surface area contributed by atoms with Crippen molar-refractivity contribution in [1.29, 1.82) is 0 Å². The number of nitrogens with zero attached hydrogens (tertiary/aromatic N) is 1. The number of aromatic nitrogens is 1. The van der Waals surface area contributed by atoms with Crippen molar-refractivity contribution < 1.29 is 32.9 Å². The molecule has 1 aromatic heterocycles. The molecule has 0 saturated carbocycles. The summed E-state index contributed by atoms with van der Waals surface area (Å²) in [5.74, 6) is -0.773. The molecule has 1 amide bonds. The second-order valence-electron chi connectivity index (χ2n) is 6.22. The Kier molecular flexibility index (Phi) is 6.40. The molecule has 3 rings (SSSR count). The molecule has 0 saturated heterocycles. The van der Waals surface area contributed by atoms with Crippen molar-refractivity contribution in [2.45, 2.75) is 19.0 Å². The number of fused-ring (bicyclic) bond motifs is 1. The van der Waals surface area contributed by atoms with E-state index in [1.54, 1.807) is 11.6 Å². The van der Waals surface area contributed by atoms with Gasteiger partial charge < -0.3 is 20.3 Å². The Labute approximate surface area is 173 Å². The highest BCUT2D eigenvalue weighted by molar-refractivity contribution is 7.17. The van der Waals surface area contributed by atoms with Crippen LogP contribution in [0.2, 0.25) is 0 Å². The molecule has 30 heavy (non-hydrogen) atoms. The van der Waals surface area contributed by atoms with E-state index in [2.05, 4.69) is 21.6 Å². The van der Waals surface area contributed by atoms with Gasteiger partial charge in [-0.05, 0) is 35.4 Å². The summed E-state index contributed by atoms with van der Waals surface area (Å²) < 4.78 is 41.7. The lowest BCUT2D eigenvalue weighted by Gasteiger charge is -2.18. The monoisotopic (exact) mass is 438 g/mol. The van der Waals surface area contributed by atoms with Crippen LogP contribution >= 0.6 is 11.3 Å². The molecule has 2 aromatic carbocycles. The van der Waals surface area contributed by atoms with E-state index in [1.165, 1.54) is 35.6 Å². The molecular formula is C20H17F3N2O4S. The number of carbonyl (C=O) groups excluding carboxylic acids is 1. The summed E-state index contributed by atoms with van der Waals surface area (Å²) in [6.07, 6.45) is -4.88. The van der Waals surface area contributed by atoms with E-state index >= 15 is 0 Å². The maximum absolute atomic E-state index is 12.4. The number of halogens is 3. The summed E-state index contributed by atoms with van der Waals surface area (Å²) in [6, 6.07) is 6.99. The largest absolute Gasteiger partial charge is 0.573 e. The van der Waals surface area contributed by atoms with Crippen molar-refractivity contribution in [2.24, 2.45) is 0 Å². The van der Waals surface area contributed by atoms with E-state index in [-0.39, 0.29) is 12.3 Å². The summed E-state index contributed by atoms with van der Waals surface area (Å²) in [5, 5.41) is 22.4. The number of hydrogen-bond donors (Lipinski definition) is 3. The fraction of sp³-hybridized carbons (Fsp3) is 0.200. The molecule has 3 aromatic rings. The predicted octanol–water partition coefficient (Wildman–Crippen LogP) is 3.69. The van der Waals surface area contributed by atoms with Gasteiger partial charge in [0.15, 0.2) is 0 Å². The van der Waals surface area contributed by atoms with Crippen LogP contribution in [0.25, 0.3) is 21.3 Å². The quantitative estimate of drug-likeness (QED) is 0.490. The zero-order chi connectivity index (χ0) is 21.9. The average molecular weight is 438 g/mol. The molecule has 0 aliphatic heterocycles. The third kappa shape index (κ3) is 4.78. The van der Waals surface area contributed by atoms with Gasteiger partial charge in [0.05, 0.1) is 22.3 Å². The second-order valence-corrected chi connectivity index (χ2v) is 7.07. The number of aliphatic hydroxyl groups excluding tert-OH is 2. The molecule has 0 spiro atoms. The molecule has 1 unspecified atom stereocenters. The molecule has 6 nitrogen and oxygen atoms in total. The number of hydrogen-bond acceptors (Lipinski definition) is 6. The molecular weight excluding hydrogens is 421 g/mol. The molecule has 158 valence electrons. The number of nitrogens with one attached hydrogen (secondary N) is 1. The molecule has 0 aliphatic rings. The minimum Gasteiger partial charge on any atom is -0.406 e. The Bertz CT molecular complexity index is 1060. The van der Waals surface area contributed by atoms with Crippen LogP contribution in [0.3, 0.4) is 0 Å². The number of amides is 1. The Balaban J connectivity index is 2.09. The lowest BCUT2D eigenvalue weighted by Crippen LogP contribution is -2.21. The van der Waals surface area contributed by atoms with E-state index in [0.717, 1.165) is 6.08 Å². The number of alkyl halides is 3. The van der Waals surface area contributed by atoms with Crippen LogP contribution in [-0.2, 0) is 11.3 Å². The maximum atomic E-state index is 12.4. The summed E-state index contributed by atoms with van der Waals surface area (Å²) in [7, 11) is 0. The van der Waals surface area contributed by atoms with Gasteiger partial charge >= 0.3 is 6.36 Å². The maximum Gasteiger partial charge on any atom is 0.573 e. The van der Waals surface area contributed by atoms with Crippen LogP contribution in [0.1, 0.15) is 17.2 Å². The first-order chi connectivity index (χ1) is 14.2. The Morgan fingerprint density at radius 1 is 1.33 bits per heavy atom. The fourth-order valence-corrected chi connectivity index (χ4v) is 3.94. The van der Waals surface area contributed by atoms with Crippen LogP contribution in [0, 0.1) is 0 Å². The van der Waals surface area contributed by atoms with Gasteiger partial charge in [0.25, 0.3) is 0 Å². The highest BCUT2D eigenvalue weighted by Crippen LogP contribution is 2.38. The Morgan fingerprint density at radius 3 is 2.63 bits per heavy atom. The standard InChI is InChI=1S/C20H17F3N2O4S/c1-2-16(28)24-8-12-7-14(11-3-5-13(6-4-11)29-20(21,22)23)18-19(30-10-25-18)17(12)15(27)9-26/h2-7,10,15,26-27H,1,8-9H2,(H,24,28). The first-order valence-electron chi connectivity index (χ1n) is 8.68. The van der Waals surface area contributed by atoms with E-state index < -0.39 is 25.0 Å². The lowest BCUT2D eigenvalue weighted by molar-refractivity contribution is -0.274. The molecule has 1 atom stereocenters. The van der Waals surface area contributed by atoms with Crippen LogP contribution in [-0.4, -0.2) is 34.1 Å². The first-order valence-corrected chi connectivity index (χ1v) is 9.55. The number of thiazole rings is 1. The minimum absolute atomic E-state index is 0.0490. The first kappa shape index (κ1) is 21.8. The number of aliphatic hydroxyl groups is 2. The van der Waals surface area contributed by atoms with Crippen molar-refractivity contribution in [3.05, 3.63) is 59.6 Å². The molecule has 0 aliphatic carbocycles. The summed E-state index contributed by atoms with van der Waals surface area (Å²) in [4.78, 5) is 15.9. The summed E-state index contributed by atoms with van der Waals surface area (Å²) >= 11 is 1.24. The van der Waals surface area contributed by atoms with E-state index in [4.69, 9.17) is 0 Å². The van der Waals surface area contributed by atoms with Crippen LogP contribution in [0.5, 0.6) is 5.75 Å². The Hall–Kier alpha value is -2.95. The minimum atomic E-state index is -4.79. The lowest BCUT2D eigenvalue weighted by atomic mass is 9.95. The SMILES string of the molecule is C=CC(=O)NCc1cc(-c2ccc(OC(F)(F)F)cc2)c2ncsc2c1C(O)CO. The molecule has 3 N–H and O–H groups in total. The number of ether oxygens (including phenoxy) is 1. The Morgan fingerprint density at radius 2 is 2.03 bits per heavy atom. The van der Waals surface area contributed by atoms with E-state index in [1.807, 2.05) is 0 Å². The second kappa shape index (κ2) is 8.82. The molecule has 1 heterocycles. The normalized spacial score (nSPS) is 12.6. The number of carbonyl (C=O) groups is 1. The topological polar surface area (TPSA) is 91.7 Å². The van der Waals surface area contributed by atoms with Crippen LogP contribution in [0.4, 0.5) is 13.2 Å². The molecule has 0 fully saturated rings. The smallest absolute Gasteiger partial charge is 0.406 e. The van der Waals surface area contributed by atoms with Gasteiger partial charge in [-0.3, -0.25) is 4.79 Å². The van der Waals surface area contributed by atoms with Crippen molar-refractivity contribution in [1.82, 2.24) is 10.3 Å². The van der Waals surface area contributed by atoms with Gasteiger partial charge in [0.1, 0.15) is 11.9 Å². The van der Waals surface area contributed by atoms with Crippen LogP contribution < -0.4 is 10.1 Å². The van der Waals surface area contributed by atoms with E-state index in [0.29, 0.717) is 32.5 Å². The fourth-order valence-electron chi connectivity index (χ4n) is 3.01. The van der Waals surface area contributed by atoms with Gasteiger partial charge in [0.2, 0.25) is 5.91 Å². The highest BCUT2D eigenvalue weighted by Gasteiger charge is 2.31. The zero-order valence-electron chi connectivity index (χ0n) is 15.4. The summed E-state index contributed by atoms with van der Waals surface area (Å²) in [5.41, 5.74) is 4.22. The summed E-state index contributed by atoms with van der Waals surface area (Å²) in [6.45, 7) is 2.91. The van der Waals surface area contributed by atoms with Gasteiger partial charge in [-0.2, -0.15) is 0 Å². The zero-order valence-corrected chi connectivity index (χ0v) is 16.3. The van der Waals surface area contributed by atoms with Gasteiger partial charge in [-0.1, -0.05) is 18.7 Å².